The first-order valence-corrected chi connectivity index (χ1v) is 11.4. The van der Waals surface area contributed by atoms with Crippen LogP contribution in [0.2, 0.25) is 0 Å². The Kier molecular flexibility index (Phi) is 6.36. The Bertz CT molecular complexity index is 1040. The summed E-state index contributed by atoms with van der Waals surface area (Å²) in [6.07, 6.45) is 1.52. The van der Waals surface area contributed by atoms with Gasteiger partial charge in [-0.1, -0.05) is 24.3 Å². The van der Waals surface area contributed by atoms with Gasteiger partial charge in [0.15, 0.2) is 5.82 Å². The number of benzene rings is 1. The van der Waals surface area contributed by atoms with Crippen molar-refractivity contribution in [3.05, 3.63) is 58.4 Å². The number of thiophene rings is 1. The fourth-order valence-corrected chi connectivity index (χ4v) is 4.61. The Morgan fingerprint density at radius 2 is 1.87 bits per heavy atom. The molecule has 3 aromatic rings. The van der Waals surface area contributed by atoms with E-state index in [-0.39, 0.29) is 17.7 Å². The molecule has 2 amide bonds. The molecule has 0 unspecified atom stereocenters. The fraction of sp³-hybridized carbons (Fsp3) is 0.348. The van der Waals surface area contributed by atoms with Crippen molar-refractivity contribution in [2.24, 2.45) is 5.92 Å². The molecule has 7 nitrogen and oxygen atoms in total. The summed E-state index contributed by atoms with van der Waals surface area (Å²) in [6, 6.07) is 13.9. The van der Waals surface area contributed by atoms with Crippen LogP contribution in [0, 0.1) is 12.8 Å². The number of nitrogens with zero attached hydrogens (tertiary/aromatic N) is 3. The van der Waals surface area contributed by atoms with Crippen molar-refractivity contribution >= 4 is 34.7 Å². The van der Waals surface area contributed by atoms with Crippen LogP contribution < -0.4 is 15.5 Å². The molecule has 1 aliphatic heterocycles. The smallest absolute Gasteiger partial charge is 0.223 e. The Hall–Kier alpha value is -3.13. The van der Waals surface area contributed by atoms with E-state index >= 15 is 0 Å². The van der Waals surface area contributed by atoms with Gasteiger partial charge in [0.1, 0.15) is 5.69 Å². The topological polar surface area (TPSA) is 79.3 Å². The third-order valence-electron chi connectivity index (χ3n) is 5.52. The lowest BCUT2D eigenvalue weighted by Gasteiger charge is -2.33. The molecular formula is C23H27N5O2S. The number of para-hydroxylation sites is 1. The molecule has 0 saturated carbocycles. The zero-order valence-corrected chi connectivity index (χ0v) is 18.6. The predicted molar refractivity (Wildman–Crippen MR) is 124 cm³/mol. The number of carbonyl (C=O) groups is 2. The Labute approximate surface area is 186 Å². The minimum atomic E-state index is -0.125. The van der Waals surface area contributed by atoms with Crippen LogP contribution in [-0.2, 0) is 16.1 Å². The molecule has 0 bridgehead atoms. The van der Waals surface area contributed by atoms with Crippen molar-refractivity contribution in [2.45, 2.75) is 33.2 Å². The van der Waals surface area contributed by atoms with Gasteiger partial charge in [0.05, 0.1) is 17.9 Å². The second-order valence-electron chi connectivity index (χ2n) is 7.77. The number of carbonyl (C=O) groups excluding carboxylic acids is 2. The van der Waals surface area contributed by atoms with Gasteiger partial charge >= 0.3 is 0 Å². The maximum atomic E-state index is 12.6. The van der Waals surface area contributed by atoms with Gasteiger partial charge in [-0.25, -0.2) is 4.68 Å². The van der Waals surface area contributed by atoms with Gasteiger partial charge in [0.2, 0.25) is 11.8 Å². The van der Waals surface area contributed by atoms with E-state index in [4.69, 9.17) is 5.10 Å². The van der Waals surface area contributed by atoms with Gasteiger partial charge in [-0.05, 0) is 43.3 Å². The third-order valence-corrected chi connectivity index (χ3v) is 6.40. The molecule has 0 atom stereocenters. The van der Waals surface area contributed by atoms with Crippen LogP contribution in [0.5, 0.6) is 0 Å². The summed E-state index contributed by atoms with van der Waals surface area (Å²) >= 11 is 1.65. The molecule has 1 saturated heterocycles. The lowest BCUT2D eigenvalue weighted by Crippen LogP contribution is -2.41. The number of anilines is 2. The number of hydrogen-bond acceptors (Lipinski definition) is 5. The largest absolute Gasteiger partial charge is 0.355 e. The average molecular weight is 438 g/mol. The number of aromatic nitrogens is 2. The van der Waals surface area contributed by atoms with Crippen molar-refractivity contribution < 1.29 is 9.59 Å². The summed E-state index contributed by atoms with van der Waals surface area (Å²) in [5.74, 6) is 0.855. The highest BCUT2D eigenvalue weighted by molar-refractivity contribution is 7.09. The first kappa shape index (κ1) is 21.1. The van der Waals surface area contributed by atoms with Crippen LogP contribution in [0.1, 0.15) is 30.3 Å². The van der Waals surface area contributed by atoms with E-state index in [1.54, 1.807) is 11.3 Å². The van der Waals surface area contributed by atoms with Crippen LogP contribution in [0.25, 0.3) is 5.69 Å². The zero-order valence-electron chi connectivity index (χ0n) is 17.8. The molecule has 0 aliphatic carbocycles. The summed E-state index contributed by atoms with van der Waals surface area (Å²) in [7, 11) is 0. The van der Waals surface area contributed by atoms with E-state index in [2.05, 4.69) is 15.5 Å². The number of nitrogens with one attached hydrogen (secondary N) is 2. The SMILES string of the molecule is CC(=O)Nc1c(C)nn(-c2ccccc2)c1N1CCC(C(=O)NCc2cccs2)CC1. The molecule has 0 spiro atoms. The van der Waals surface area contributed by atoms with Crippen LogP contribution >= 0.6 is 11.3 Å². The summed E-state index contributed by atoms with van der Waals surface area (Å²) in [5.41, 5.74) is 2.44. The molecule has 1 aliphatic rings. The average Bonchev–Trinajstić information content (AvgIpc) is 3.41. The molecule has 1 aromatic carbocycles. The summed E-state index contributed by atoms with van der Waals surface area (Å²) in [5, 5.41) is 12.7. The predicted octanol–water partition coefficient (Wildman–Crippen LogP) is 3.73. The number of rotatable bonds is 6. The standard InChI is InChI=1S/C23H27N5O2S/c1-16-21(25-17(2)29)23(28(26-16)19-7-4-3-5-8-19)27-12-10-18(11-13-27)22(30)24-15-20-9-6-14-31-20/h3-9,14,18H,10-13,15H2,1-2H3,(H,24,30)(H,25,29). The van der Waals surface area contributed by atoms with Gasteiger partial charge < -0.3 is 15.5 Å². The number of hydrogen-bond donors (Lipinski definition) is 2. The minimum absolute atomic E-state index is 0.00498. The van der Waals surface area contributed by atoms with Gasteiger partial charge in [-0.2, -0.15) is 5.10 Å². The van der Waals surface area contributed by atoms with E-state index in [1.165, 1.54) is 6.92 Å². The van der Waals surface area contributed by atoms with E-state index in [0.717, 1.165) is 53.7 Å². The maximum Gasteiger partial charge on any atom is 0.223 e. The van der Waals surface area contributed by atoms with Crippen molar-refractivity contribution in [2.75, 3.05) is 23.3 Å². The molecule has 0 radical (unpaired) electrons. The summed E-state index contributed by atoms with van der Waals surface area (Å²) < 4.78 is 1.89. The number of piperidine rings is 1. The number of amides is 2. The van der Waals surface area contributed by atoms with E-state index in [0.29, 0.717) is 6.54 Å². The van der Waals surface area contributed by atoms with Gasteiger partial charge in [0, 0.05) is 30.8 Å². The van der Waals surface area contributed by atoms with Crippen molar-refractivity contribution in [3.63, 3.8) is 0 Å². The lowest BCUT2D eigenvalue weighted by atomic mass is 9.96. The summed E-state index contributed by atoms with van der Waals surface area (Å²) in [4.78, 5) is 27.9. The Morgan fingerprint density at radius 1 is 1.13 bits per heavy atom. The molecule has 162 valence electrons. The van der Waals surface area contributed by atoms with E-state index in [1.807, 2.05) is 59.5 Å². The Balaban J connectivity index is 1.50. The third kappa shape index (κ3) is 4.80. The molecule has 8 heteroatoms. The quantitative estimate of drug-likeness (QED) is 0.616. The van der Waals surface area contributed by atoms with E-state index < -0.39 is 0 Å². The highest BCUT2D eigenvalue weighted by Crippen LogP contribution is 2.34. The first-order valence-electron chi connectivity index (χ1n) is 10.5. The molecule has 2 N–H and O–H groups in total. The Morgan fingerprint density at radius 3 is 2.52 bits per heavy atom. The van der Waals surface area contributed by atoms with E-state index in [9.17, 15) is 9.59 Å². The lowest BCUT2D eigenvalue weighted by molar-refractivity contribution is -0.125. The van der Waals surface area contributed by atoms with Gasteiger partial charge in [-0.3, -0.25) is 9.59 Å². The first-order chi connectivity index (χ1) is 15.0. The molecule has 31 heavy (non-hydrogen) atoms. The number of aryl methyl sites for hydroxylation is 1. The molecule has 3 heterocycles. The minimum Gasteiger partial charge on any atom is -0.355 e. The molecule has 1 fully saturated rings. The molecule has 4 rings (SSSR count). The van der Waals surface area contributed by atoms with Crippen molar-refractivity contribution in [3.8, 4) is 5.69 Å². The van der Waals surface area contributed by atoms with Crippen LogP contribution in [0.3, 0.4) is 0 Å². The van der Waals surface area contributed by atoms with Crippen molar-refractivity contribution in [1.29, 1.82) is 0 Å². The summed E-state index contributed by atoms with van der Waals surface area (Å²) in [6.45, 7) is 5.44. The normalized spacial score (nSPS) is 14.5. The molecular weight excluding hydrogens is 410 g/mol. The second-order valence-corrected chi connectivity index (χ2v) is 8.80. The van der Waals surface area contributed by atoms with Crippen molar-refractivity contribution in [1.82, 2.24) is 15.1 Å². The van der Waals surface area contributed by atoms with Crippen LogP contribution in [-0.4, -0.2) is 34.7 Å². The fourth-order valence-electron chi connectivity index (χ4n) is 3.96. The highest BCUT2D eigenvalue weighted by atomic mass is 32.1. The van der Waals surface area contributed by atoms with Gasteiger partial charge in [0.25, 0.3) is 0 Å². The second kappa shape index (κ2) is 9.34. The van der Waals surface area contributed by atoms with Gasteiger partial charge in [-0.15, -0.1) is 11.3 Å². The van der Waals surface area contributed by atoms with Crippen LogP contribution in [0.15, 0.2) is 47.8 Å². The zero-order chi connectivity index (χ0) is 21.8. The monoisotopic (exact) mass is 437 g/mol. The molecule has 2 aromatic heterocycles. The maximum absolute atomic E-state index is 12.6. The van der Waals surface area contributed by atoms with Crippen LogP contribution in [0.4, 0.5) is 11.5 Å². The highest BCUT2D eigenvalue weighted by Gasteiger charge is 2.29.